The molecular weight excluding hydrogens is 1320 g/mol. The van der Waals surface area contributed by atoms with Crippen LogP contribution in [0.15, 0.2) is 24.3 Å². The zero-order valence-corrected chi connectivity index (χ0v) is 53.6. The van der Waals surface area contributed by atoms with Gasteiger partial charge in [-0.1, -0.05) is 12.1 Å². The number of aliphatic hydroxyl groups is 12. The highest BCUT2D eigenvalue weighted by Gasteiger charge is 2.54. The summed E-state index contributed by atoms with van der Waals surface area (Å²) < 4.78 is 71.2. The van der Waals surface area contributed by atoms with E-state index in [-0.39, 0.29) is 97.7 Å². The van der Waals surface area contributed by atoms with Gasteiger partial charge in [-0.15, -0.1) is 23.2 Å². The molecule has 4 aliphatic rings. The normalized spacial score (nSPS) is 31.2. The highest BCUT2D eigenvalue weighted by atomic mass is 35.5. The van der Waals surface area contributed by atoms with Crippen LogP contribution in [0.25, 0.3) is 0 Å². The second kappa shape index (κ2) is 42.5. The number of rotatable bonds is 43. The lowest BCUT2D eigenvalue weighted by molar-refractivity contribution is -0.367. The second-order valence-corrected chi connectivity index (χ2v) is 23.3. The first-order valence-corrected chi connectivity index (χ1v) is 32.1. The van der Waals surface area contributed by atoms with E-state index in [9.17, 15) is 90.0 Å². The Morgan fingerprint density at radius 2 is 0.937 bits per heavy atom. The molecule has 0 spiro atoms. The molecule has 0 aromatic heterocycles. The van der Waals surface area contributed by atoms with Gasteiger partial charge in [0.15, 0.2) is 37.4 Å². The number of alkyl halides is 2. The van der Waals surface area contributed by atoms with Crippen LogP contribution < -0.4 is 21.7 Å². The maximum Gasteiger partial charge on any atom is 0.404 e. The molecule has 1 unspecified atom stereocenters. The number of Topliss-reactive ketones (excluding diaryl/α,β-unsaturated/α-hetero) is 2. The number of hydrogen-bond acceptors (Lipinski definition) is 32. The first kappa shape index (κ1) is 81.2. The summed E-state index contributed by atoms with van der Waals surface area (Å²) in [4.78, 5) is 78.2. The number of carbonyl (C=O) groups is 6. The summed E-state index contributed by atoms with van der Waals surface area (Å²) in [6.45, 7) is -3.37. The average molecular weight is 1410 g/mol. The Bertz CT molecular complexity index is 2450. The van der Waals surface area contributed by atoms with Crippen LogP contribution in [0, 0.1) is 5.92 Å². The first-order chi connectivity index (χ1) is 45.5. The summed E-state index contributed by atoms with van der Waals surface area (Å²) >= 11 is 11.9. The van der Waals surface area contributed by atoms with Crippen LogP contribution in [-0.2, 0) is 87.2 Å². The minimum atomic E-state index is -1.96. The van der Waals surface area contributed by atoms with E-state index in [0.29, 0.717) is 37.7 Å². The van der Waals surface area contributed by atoms with Crippen LogP contribution in [0.2, 0.25) is 0 Å². The zero-order chi connectivity index (χ0) is 69.7. The molecule has 3 amide bonds. The third kappa shape index (κ3) is 25.3. The average Bonchev–Trinajstić information content (AvgIpc) is 0.806. The summed E-state index contributed by atoms with van der Waals surface area (Å²) in [6.07, 6.45) is -36.4. The lowest BCUT2D eigenvalue weighted by Crippen LogP contribution is -2.65. The molecule has 1 aromatic rings. The van der Waals surface area contributed by atoms with Crippen LogP contribution in [0.1, 0.15) is 56.9 Å². The monoisotopic (exact) mass is 1410 g/mol. The van der Waals surface area contributed by atoms with Gasteiger partial charge in [-0.3, -0.25) is 19.2 Å². The summed E-state index contributed by atoms with van der Waals surface area (Å²) in [6, 6.07) is 7.87. The van der Waals surface area contributed by atoms with Crippen molar-refractivity contribution < 1.29 is 152 Å². The number of ether oxygens (including phenoxy) is 13. The molecule has 95 heavy (non-hydrogen) atoms. The first-order valence-electron chi connectivity index (χ1n) is 31.0. The summed E-state index contributed by atoms with van der Waals surface area (Å²) in [5, 5.41) is 128. The molecule has 1 aromatic carbocycles. The van der Waals surface area contributed by atoms with Gasteiger partial charge in [0.1, 0.15) is 97.0 Å². The van der Waals surface area contributed by atoms with Gasteiger partial charge in [0.05, 0.1) is 72.0 Å². The van der Waals surface area contributed by atoms with E-state index in [1.54, 1.807) is 0 Å². The Balaban J connectivity index is 1.11. The van der Waals surface area contributed by atoms with Crippen LogP contribution in [-0.4, -0.2) is 324 Å². The van der Waals surface area contributed by atoms with E-state index in [1.807, 2.05) is 24.3 Å². The standard InChI is InChI=1S/C58H92Cl2N4O31/c59-12-15-64(16-13-60)32-10-8-30(9-11-32)4-1-7-39(71)85-18-3-6-34(70)25-31(52(80)63-14-19-84-21-23-87-56-51(45(77)41(73)36(27-66)91-56)93-54-47(79)49(95-58(62)82)43(75)38(29-68)89-54)24-33(69)5-2-17-83-20-22-86-55-50(44(76)40(72)35(26-65)90-55)92-53-46(78)48(94-57(61)81)42(74)37(28-67)88-53/h8-11,31,35-38,40-51,53-56,65-68,72-79H,1-7,12-29H2,(H2,61,81)(H2,62,82)(H,63,80)/t31?,35-,36-,37+,38+,40+,41+,42+,43+,44-,45-,46-,47-,48-,49-,50-,51-,53+,54+,55-,56-/m0/s1. The number of aryl methyl sites for hydroxylation is 1. The lowest BCUT2D eigenvalue weighted by Gasteiger charge is -2.46. The molecule has 4 heterocycles. The quantitative estimate of drug-likeness (QED) is 0.0126. The Morgan fingerprint density at radius 1 is 0.505 bits per heavy atom. The molecule has 4 aliphatic heterocycles. The Hall–Kier alpha value is -4.46. The fourth-order valence-corrected chi connectivity index (χ4v) is 11.1. The second-order valence-electron chi connectivity index (χ2n) is 22.6. The van der Waals surface area contributed by atoms with Crippen molar-refractivity contribution in [3.63, 3.8) is 0 Å². The number of ketones is 2. The van der Waals surface area contributed by atoms with Crippen molar-refractivity contribution in [2.45, 2.75) is 181 Å². The molecule has 4 fully saturated rings. The fourth-order valence-electron chi connectivity index (χ4n) is 10.7. The van der Waals surface area contributed by atoms with Crippen LogP contribution in [0.4, 0.5) is 15.3 Å². The van der Waals surface area contributed by atoms with E-state index in [0.717, 1.165) is 11.3 Å². The minimum Gasteiger partial charge on any atom is -0.466 e. The van der Waals surface area contributed by atoms with Crippen molar-refractivity contribution in [2.24, 2.45) is 17.4 Å². The number of nitrogens with one attached hydrogen (secondary N) is 1. The highest BCUT2D eigenvalue weighted by molar-refractivity contribution is 6.18. The Morgan fingerprint density at radius 3 is 1.38 bits per heavy atom. The minimum absolute atomic E-state index is 0.0325. The molecular formula is C58H92Cl2N4O31. The van der Waals surface area contributed by atoms with Crippen molar-refractivity contribution in [1.29, 1.82) is 0 Å². The molecule has 17 N–H and O–H groups in total. The van der Waals surface area contributed by atoms with Gasteiger partial charge in [-0.2, -0.15) is 0 Å². The molecule has 0 radical (unpaired) electrons. The molecule has 0 saturated carbocycles. The lowest BCUT2D eigenvalue weighted by atomic mass is 9.92. The van der Waals surface area contributed by atoms with Crippen molar-refractivity contribution in [3.8, 4) is 0 Å². The summed E-state index contributed by atoms with van der Waals surface area (Å²) in [7, 11) is 0. The number of primary amides is 2. The van der Waals surface area contributed by atoms with Gasteiger partial charge in [-0.25, -0.2) is 9.59 Å². The van der Waals surface area contributed by atoms with E-state index in [4.69, 9.17) is 96.2 Å². The van der Waals surface area contributed by atoms with Gasteiger partial charge < -0.3 is 145 Å². The number of esters is 1. The largest absolute Gasteiger partial charge is 0.466 e. The molecule has 0 aliphatic carbocycles. The molecule has 21 atom stereocenters. The van der Waals surface area contributed by atoms with Gasteiger partial charge in [0.2, 0.25) is 5.91 Å². The van der Waals surface area contributed by atoms with E-state index in [2.05, 4.69) is 10.2 Å². The third-order valence-electron chi connectivity index (χ3n) is 15.7. The molecule has 37 heteroatoms. The maximum absolute atomic E-state index is 13.7. The third-order valence-corrected chi connectivity index (χ3v) is 16.1. The Labute approximate surface area is 556 Å². The zero-order valence-electron chi connectivity index (χ0n) is 52.1. The maximum atomic E-state index is 13.7. The highest BCUT2D eigenvalue weighted by Crippen LogP contribution is 2.33. The molecule has 5 rings (SSSR count). The predicted molar refractivity (Wildman–Crippen MR) is 321 cm³/mol. The van der Waals surface area contributed by atoms with Crippen molar-refractivity contribution in [1.82, 2.24) is 5.32 Å². The van der Waals surface area contributed by atoms with Gasteiger partial charge in [0.25, 0.3) is 0 Å². The van der Waals surface area contributed by atoms with Gasteiger partial charge in [-0.05, 0) is 43.4 Å². The van der Waals surface area contributed by atoms with Crippen LogP contribution in [0.3, 0.4) is 0 Å². The van der Waals surface area contributed by atoms with Crippen molar-refractivity contribution >= 4 is 64.5 Å². The van der Waals surface area contributed by atoms with Gasteiger partial charge >= 0.3 is 18.2 Å². The predicted octanol–water partition coefficient (Wildman–Crippen LogP) is -5.43. The smallest absolute Gasteiger partial charge is 0.404 e. The molecule has 35 nitrogen and oxygen atoms in total. The number of carbonyl (C=O) groups excluding carboxylic acids is 6. The number of anilines is 1. The van der Waals surface area contributed by atoms with Crippen LogP contribution in [0.5, 0.6) is 0 Å². The van der Waals surface area contributed by atoms with E-state index in [1.165, 1.54) is 0 Å². The molecule has 0 bridgehead atoms. The van der Waals surface area contributed by atoms with Crippen molar-refractivity contribution in [2.75, 3.05) is 109 Å². The number of benzene rings is 1. The van der Waals surface area contributed by atoms with Crippen molar-refractivity contribution in [3.05, 3.63) is 29.8 Å². The molecule has 4 saturated heterocycles. The fraction of sp³-hybridized carbons (Fsp3) is 0.793. The van der Waals surface area contributed by atoms with Gasteiger partial charge in [0, 0.05) is 75.8 Å². The number of aliphatic hydroxyl groups excluding tert-OH is 12. The number of amides is 3. The molecule has 544 valence electrons. The Kier molecular flexibility index (Phi) is 36.3. The number of halogens is 2. The van der Waals surface area contributed by atoms with Crippen LogP contribution >= 0.6 is 23.2 Å². The summed E-state index contributed by atoms with van der Waals surface area (Å²) in [5.41, 5.74) is 12.2. The topological polar surface area (TPSA) is 532 Å². The number of hydrogen-bond donors (Lipinski definition) is 15. The number of nitrogens with zero attached hydrogens (tertiary/aromatic N) is 1. The number of nitrogens with two attached hydrogens (primary N) is 2. The SMILES string of the molecule is NC(=O)O[C@@H]1[C@H](O)[C@@H](O[C@@H]2[C@@H](OCCOCCCC(=O)CC(CC(=O)CCCOC(=O)CCCc3ccc(N(CCCl)CCCl)cc3)C(=O)NCCOCCO[C@H]3O[C@@H](CO)[C@@H](O)[C@H](O)[C@@H]3O[C@H]3O[C@H](CO)[C@@H](O)[C@H](OC(N)=O)[C@@H]3O)O[C@@H](CO)[C@@H](O)[C@@H]2O)O[C@H](CO)[C@H]1O. The van der Waals surface area contributed by atoms with E-state index < -0.39 is 191 Å². The van der Waals surface area contributed by atoms with E-state index >= 15 is 0 Å². The summed E-state index contributed by atoms with van der Waals surface area (Å²) in [5.74, 6) is -2.20.